The highest BCUT2D eigenvalue weighted by Crippen LogP contribution is 2.18. The molecule has 4 heteroatoms. The lowest BCUT2D eigenvalue weighted by Crippen LogP contribution is -2.18. The van der Waals surface area contributed by atoms with Gasteiger partial charge >= 0.3 is 0 Å². The number of pyridine rings is 1. The van der Waals surface area contributed by atoms with Gasteiger partial charge < -0.3 is 9.82 Å². The van der Waals surface area contributed by atoms with Gasteiger partial charge in [0.1, 0.15) is 7.11 Å². The number of aromatic nitrogens is 1. The molecule has 4 nitrogen and oxygen atoms in total. The first-order valence-corrected chi connectivity index (χ1v) is 4.64. The topological polar surface area (TPSA) is 54.4 Å². The summed E-state index contributed by atoms with van der Waals surface area (Å²) < 4.78 is 0. The number of nitrogens with zero attached hydrogens (tertiary/aromatic N) is 1. The standard InChI is InChI=1S/C10H12N2O2/c1-14-12-9-4-2-3-8-7(9)5-6-10(13)11-8/h5-6H,2-4H2,1H3,(H,11,13)/b12-9+. The van der Waals surface area contributed by atoms with Gasteiger partial charge in [0.05, 0.1) is 5.71 Å². The molecule has 1 aliphatic rings. The van der Waals surface area contributed by atoms with Gasteiger partial charge in [0.15, 0.2) is 0 Å². The molecule has 0 aromatic carbocycles. The number of oxime groups is 1. The number of hydrogen-bond donors (Lipinski definition) is 1. The van der Waals surface area contributed by atoms with E-state index in [1.165, 1.54) is 13.2 Å². The van der Waals surface area contributed by atoms with Crippen molar-refractivity contribution in [3.05, 3.63) is 33.7 Å². The van der Waals surface area contributed by atoms with Gasteiger partial charge in [-0.25, -0.2) is 0 Å². The third-order valence-corrected chi connectivity index (χ3v) is 2.35. The average molecular weight is 192 g/mol. The Bertz CT molecular complexity index is 420. The van der Waals surface area contributed by atoms with Gasteiger partial charge in [-0.15, -0.1) is 0 Å². The molecule has 1 aromatic heterocycles. The van der Waals surface area contributed by atoms with Gasteiger partial charge in [-0.2, -0.15) is 0 Å². The molecular weight excluding hydrogens is 180 g/mol. The van der Waals surface area contributed by atoms with Crippen molar-refractivity contribution in [2.24, 2.45) is 5.16 Å². The average Bonchev–Trinajstić information content (AvgIpc) is 2.18. The second kappa shape index (κ2) is 3.65. The molecule has 2 rings (SSSR count). The van der Waals surface area contributed by atoms with E-state index in [4.69, 9.17) is 4.84 Å². The third-order valence-electron chi connectivity index (χ3n) is 2.35. The highest BCUT2D eigenvalue weighted by Gasteiger charge is 2.16. The first kappa shape index (κ1) is 8.99. The maximum absolute atomic E-state index is 11.1. The van der Waals surface area contributed by atoms with Crippen LogP contribution in [0.1, 0.15) is 24.1 Å². The summed E-state index contributed by atoms with van der Waals surface area (Å²) in [5.41, 5.74) is 2.85. The molecule has 0 bridgehead atoms. The molecule has 1 heterocycles. The maximum atomic E-state index is 11.1. The minimum absolute atomic E-state index is 0.0533. The fourth-order valence-electron chi connectivity index (χ4n) is 1.76. The van der Waals surface area contributed by atoms with Gasteiger partial charge in [0, 0.05) is 17.3 Å². The zero-order valence-electron chi connectivity index (χ0n) is 8.04. The monoisotopic (exact) mass is 192 g/mol. The second-order valence-corrected chi connectivity index (χ2v) is 3.29. The Labute approximate surface area is 81.6 Å². The molecule has 1 aliphatic carbocycles. The Kier molecular flexibility index (Phi) is 2.35. The van der Waals surface area contributed by atoms with Crippen molar-refractivity contribution in [3.63, 3.8) is 0 Å². The van der Waals surface area contributed by atoms with Crippen molar-refractivity contribution in [2.45, 2.75) is 19.3 Å². The molecule has 0 radical (unpaired) electrons. The van der Waals surface area contributed by atoms with E-state index in [9.17, 15) is 4.79 Å². The highest BCUT2D eigenvalue weighted by atomic mass is 16.6. The number of fused-ring (bicyclic) bond motifs is 1. The lowest BCUT2D eigenvalue weighted by atomic mass is 9.94. The molecule has 1 aromatic rings. The lowest BCUT2D eigenvalue weighted by Gasteiger charge is -2.15. The zero-order valence-corrected chi connectivity index (χ0v) is 8.04. The fraction of sp³-hybridized carbons (Fsp3) is 0.400. The van der Waals surface area contributed by atoms with Gasteiger partial charge in [0.25, 0.3) is 0 Å². The summed E-state index contributed by atoms with van der Waals surface area (Å²) in [5.74, 6) is 0. The summed E-state index contributed by atoms with van der Waals surface area (Å²) in [6, 6.07) is 3.33. The quantitative estimate of drug-likeness (QED) is 0.676. The van der Waals surface area contributed by atoms with Crippen LogP contribution >= 0.6 is 0 Å². The number of nitrogens with one attached hydrogen (secondary N) is 1. The van der Waals surface area contributed by atoms with Crippen LogP contribution in [0.15, 0.2) is 22.1 Å². The van der Waals surface area contributed by atoms with Crippen molar-refractivity contribution < 1.29 is 4.84 Å². The molecule has 0 fully saturated rings. The SMILES string of the molecule is CO/N=C1\CCCc2[nH]c(=O)ccc21. The van der Waals surface area contributed by atoms with Crippen LogP contribution in [0.3, 0.4) is 0 Å². The van der Waals surface area contributed by atoms with Crippen molar-refractivity contribution in [2.75, 3.05) is 7.11 Å². The lowest BCUT2D eigenvalue weighted by molar-refractivity contribution is 0.212. The van der Waals surface area contributed by atoms with E-state index in [2.05, 4.69) is 10.1 Å². The summed E-state index contributed by atoms with van der Waals surface area (Å²) >= 11 is 0. The minimum Gasteiger partial charge on any atom is -0.399 e. The smallest absolute Gasteiger partial charge is 0.248 e. The number of hydrogen-bond acceptors (Lipinski definition) is 3. The van der Waals surface area contributed by atoms with Gasteiger partial charge in [-0.3, -0.25) is 4.79 Å². The molecular formula is C10H12N2O2. The van der Waals surface area contributed by atoms with Crippen LogP contribution in [-0.4, -0.2) is 17.8 Å². The molecule has 0 aliphatic heterocycles. The largest absolute Gasteiger partial charge is 0.399 e. The van der Waals surface area contributed by atoms with E-state index < -0.39 is 0 Å². The molecule has 0 unspecified atom stereocenters. The van der Waals surface area contributed by atoms with E-state index in [1.54, 1.807) is 0 Å². The van der Waals surface area contributed by atoms with Crippen molar-refractivity contribution >= 4 is 5.71 Å². The third kappa shape index (κ3) is 1.55. The Balaban J connectivity index is 2.50. The van der Waals surface area contributed by atoms with Crippen LogP contribution in [-0.2, 0) is 11.3 Å². The summed E-state index contributed by atoms with van der Waals surface area (Å²) in [7, 11) is 1.53. The Morgan fingerprint density at radius 2 is 2.29 bits per heavy atom. The predicted molar refractivity (Wildman–Crippen MR) is 53.5 cm³/mol. The molecule has 0 atom stereocenters. The molecule has 0 spiro atoms. The van der Waals surface area contributed by atoms with E-state index in [-0.39, 0.29) is 5.56 Å². The number of aromatic amines is 1. The molecule has 74 valence electrons. The van der Waals surface area contributed by atoms with Gasteiger partial charge in [-0.05, 0) is 25.3 Å². The minimum atomic E-state index is -0.0533. The summed E-state index contributed by atoms with van der Waals surface area (Å²) in [5, 5.41) is 3.95. The number of H-pyrrole nitrogens is 1. The summed E-state index contributed by atoms with van der Waals surface area (Å²) in [6.07, 6.45) is 2.83. The van der Waals surface area contributed by atoms with Crippen LogP contribution in [0, 0.1) is 0 Å². The second-order valence-electron chi connectivity index (χ2n) is 3.29. The van der Waals surface area contributed by atoms with Crippen LogP contribution < -0.4 is 5.56 Å². The van der Waals surface area contributed by atoms with Crippen molar-refractivity contribution in [3.8, 4) is 0 Å². The molecule has 1 N–H and O–H groups in total. The molecule has 0 amide bonds. The summed E-state index contributed by atoms with van der Waals surface area (Å²) in [6.45, 7) is 0. The summed E-state index contributed by atoms with van der Waals surface area (Å²) in [4.78, 5) is 18.7. The number of aryl methyl sites for hydroxylation is 1. The van der Waals surface area contributed by atoms with Crippen LogP contribution in [0.4, 0.5) is 0 Å². The normalized spacial score (nSPS) is 17.9. The van der Waals surface area contributed by atoms with E-state index in [0.29, 0.717) is 0 Å². The van der Waals surface area contributed by atoms with E-state index >= 15 is 0 Å². The van der Waals surface area contributed by atoms with E-state index in [0.717, 1.165) is 36.2 Å². The van der Waals surface area contributed by atoms with Crippen molar-refractivity contribution in [1.29, 1.82) is 0 Å². The van der Waals surface area contributed by atoms with Crippen LogP contribution in [0.5, 0.6) is 0 Å². The van der Waals surface area contributed by atoms with Crippen LogP contribution in [0.25, 0.3) is 0 Å². The zero-order chi connectivity index (χ0) is 9.97. The molecule has 14 heavy (non-hydrogen) atoms. The Morgan fingerprint density at radius 3 is 3.07 bits per heavy atom. The Hall–Kier alpha value is -1.58. The number of rotatable bonds is 1. The first-order chi connectivity index (χ1) is 6.81. The first-order valence-electron chi connectivity index (χ1n) is 4.64. The fourth-order valence-corrected chi connectivity index (χ4v) is 1.76. The Morgan fingerprint density at radius 1 is 1.43 bits per heavy atom. The molecule has 0 saturated carbocycles. The maximum Gasteiger partial charge on any atom is 0.248 e. The van der Waals surface area contributed by atoms with Crippen molar-refractivity contribution in [1.82, 2.24) is 4.98 Å². The van der Waals surface area contributed by atoms with E-state index in [1.807, 2.05) is 6.07 Å². The van der Waals surface area contributed by atoms with Gasteiger partial charge in [-0.1, -0.05) is 5.16 Å². The molecule has 0 saturated heterocycles. The predicted octanol–water partition coefficient (Wildman–Crippen LogP) is 1.06. The highest BCUT2D eigenvalue weighted by molar-refractivity contribution is 6.01. The van der Waals surface area contributed by atoms with Gasteiger partial charge in [0.2, 0.25) is 5.56 Å². The van der Waals surface area contributed by atoms with Crippen LogP contribution in [0.2, 0.25) is 0 Å².